The van der Waals surface area contributed by atoms with Crippen LogP contribution in [0.1, 0.15) is 39.2 Å². The van der Waals surface area contributed by atoms with E-state index in [-0.39, 0.29) is 11.5 Å². The maximum atomic E-state index is 13.2. The van der Waals surface area contributed by atoms with Crippen LogP contribution in [0.5, 0.6) is 0 Å². The van der Waals surface area contributed by atoms with Gasteiger partial charge in [-0.1, -0.05) is 54.1 Å². The summed E-state index contributed by atoms with van der Waals surface area (Å²) in [6.07, 6.45) is -3.13. The molecule has 1 amide bonds. The first-order chi connectivity index (χ1) is 19.2. The van der Waals surface area contributed by atoms with Gasteiger partial charge in [-0.05, 0) is 55.3 Å². The van der Waals surface area contributed by atoms with Gasteiger partial charge in [-0.2, -0.15) is 13.2 Å². The molecular formula is C31H28ClF3N4O. The van der Waals surface area contributed by atoms with Gasteiger partial charge in [0.15, 0.2) is 5.82 Å². The average molecular weight is 565 g/mol. The molecule has 1 aliphatic heterocycles. The summed E-state index contributed by atoms with van der Waals surface area (Å²) in [6, 6.07) is 21.9. The predicted molar refractivity (Wildman–Crippen MR) is 151 cm³/mol. The van der Waals surface area contributed by atoms with Gasteiger partial charge in [0.05, 0.1) is 5.56 Å². The molecule has 3 aromatic carbocycles. The molecular weight excluding hydrogens is 537 g/mol. The molecule has 0 aliphatic carbocycles. The van der Waals surface area contributed by atoms with E-state index in [0.29, 0.717) is 49.9 Å². The van der Waals surface area contributed by atoms with Crippen LogP contribution in [0.3, 0.4) is 0 Å². The molecule has 1 saturated heterocycles. The molecule has 0 N–H and O–H groups in total. The quantitative estimate of drug-likeness (QED) is 0.260. The second-order valence-corrected chi connectivity index (χ2v) is 10.2. The Morgan fingerprint density at radius 2 is 1.57 bits per heavy atom. The second kappa shape index (κ2) is 11.7. The van der Waals surface area contributed by atoms with Crippen molar-refractivity contribution in [2.45, 2.75) is 25.9 Å². The SMILES string of the molecule is Cc1nc(-c2ccccc2)nc(N2CCCN(C(=O)c3ccc(C(F)(F)F)cc3)CC2)c1Cc1ccc(Cl)cc1. The summed E-state index contributed by atoms with van der Waals surface area (Å²) in [5.74, 6) is 1.18. The molecule has 1 aliphatic rings. The summed E-state index contributed by atoms with van der Waals surface area (Å²) in [7, 11) is 0. The zero-order valence-electron chi connectivity index (χ0n) is 22.0. The zero-order chi connectivity index (χ0) is 28.3. The number of carbonyl (C=O) groups excluding carboxylic acids is 1. The number of nitrogens with zero attached hydrogens (tertiary/aromatic N) is 4. The number of amides is 1. The molecule has 1 fully saturated rings. The van der Waals surface area contributed by atoms with E-state index in [1.54, 1.807) is 4.90 Å². The predicted octanol–water partition coefficient (Wildman–Crippen LogP) is 7.07. The summed E-state index contributed by atoms with van der Waals surface area (Å²) in [5, 5.41) is 0.668. The van der Waals surface area contributed by atoms with Gasteiger partial charge in [-0.25, -0.2) is 9.97 Å². The maximum Gasteiger partial charge on any atom is 0.416 e. The van der Waals surface area contributed by atoms with Crippen LogP contribution < -0.4 is 4.90 Å². The summed E-state index contributed by atoms with van der Waals surface area (Å²) in [4.78, 5) is 26.9. The third kappa shape index (κ3) is 6.28. The van der Waals surface area contributed by atoms with Crippen molar-refractivity contribution in [2.24, 2.45) is 0 Å². The van der Waals surface area contributed by atoms with E-state index < -0.39 is 11.7 Å². The van der Waals surface area contributed by atoms with Gasteiger partial charge in [0, 0.05) is 60.0 Å². The van der Waals surface area contributed by atoms with Crippen LogP contribution in [0.25, 0.3) is 11.4 Å². The van der Waals surface area contributed by atoms with Gasteiger partial charge < -0.3 is 9.80 Å². The lowest BCUT2D eigenvalue weighted by atomic mass is 10.0. The topological polar surface area (TPSA) is 49.3 Å². The smallest absolute Gasteiger partial charge is 0.354 e. The molecule has 0 atom stereocenters. The van der Waals surface area contributed by atoms with Gasteiger partial charge in [-0.3, -0.25) is 4.79 Å². The van der Waals surface area contributed by atoms with E-state index in [1.165, 1.54) is 12.1 Å². The van der Waals surface area contributed by atoms with E-state index in [0.717, 1.165) is 40.3 Å². The number of hydrogen-bond acceptors (Lipinski definition) is 4. The van der Waals surface area contributed by atoms with Crippen LogP contribution in [0.2, 0.25) is 5.02 Å². The van der Waals surface area contributed by atoms with E-state index >= 15 is 0 Å². The molecule has 5 nitrogen and oxygen atoms in total. The number of carbonyl (C=O) groups is 1. The number of rotatable bonds is 5. The summed E-state index contributed by atoms with van der Waals surface area (Å²) < 4.78 is 38.9. The van der Waals surface area contributed by atoms with Crippen molar-refractivity contribution in [1.29, 1.82) is 0 Å². The minimum atomic E-state index is -4.44. The van der Waals surface area contributed by atoms with Gasteiger partial charge >= 0.3 is 6.18 Å². The van der Waals surface area contributed by atoms with Crippen molar-refractivity contribution in [1.82, 2.24) is 14.9 Å². The maximum absolute atomic E-state index is 13.2. The molecule has 1 aromatic heterocycles. The number of alkyl halides is 3. The largest absolute Gasteiger partial charge is 0.416 e. The lowest BCUT2D eigenvalue weighted by Gasteiger charge is -2.26. The first-order valence-corrected chi connectivity index (χ1v) is 13.5. The zero-order valence-corrected chi connectivity index (χ0v) is 22.7. The minimum absolute atomic E-state index is 0.245. The second-order valence-electron chi connectivity index (χ2n) is 9.81. The molecule has 206 valence electrons. The van der Waals surface area contributed by atoms with Gasteiger partial charge in [0.2, 0.25) is 0 Å². The van der Waals surface area contributed by atoms with Crippen molar-refractivity contribution in [3.05, 3.63) is 112 Å². The van der Waals surface area contributed by atoms with Gasteiger partial charge in [-0.15, -0.1) is 0 Å². The number of benzene rings is 3. The van der Waals surface area contributed by atoms with E-state index in [2.05, 4.69) is 4.90 Å². The third-order valence-corrected chi connectivity index (χ3v) is 7.31. The standard InChI is InChI=1S/C31H28ClF3N4O/c1-21-27(20-22-8-14-26(32)15-9-22)29(37-28(36-21)23-6-3-2-4-7-23)38-16-5-17-39(19-18-38)30(40)24-10-12-25(13-11-24)31(33,34)35/h2-4,6-15H,5,16-20H2,1H3. The van der Waals surface area contributed by atoms with Crippen LogP contribution in [0, 0.1) is 6.92 Å². The molecule has 0 spiro atoms. The normalized spacial score (nSPS) is 14.2. The molecule has 5 rings (SSSR count). The number of halogens is 4. The highest BCUT2D eigenvalue weighted by molar-refractivity contribution is 6.30. The van der Waals surface area contributed by atoms with Crippen LogP contribution in [0.4, 0.5) is 19.0 Å². The van der Waals surface area contributed by atoms with Crippen molar-refractivity contribution < 1.29 is 18.0 Å². The Balaban J connectivity index is 1.42. The summed E-state index contributed by atoms with van der Waals surface area (Å²) in [6.45, 7) is 4.11. The lowest BCUT2D eigenvalue weighted by Crippen LogP contribution is -2.35. The number of aromatic nitrogens is 2. The Morgan fingerprint density at radius 1 is 0.875 bits per heavy atom. The fourth-order valence-electron chi connectivity index (χ4n) is 4.89. The van der Waals surface area contributed by atoms with Gasteiger partial charge in [0.1, 0.15) is 5.82 Å². The molecule has 0 bridgehead atoms. The van der Waals surface area contributed by atoms with Crippen molar-refractivity contribution in [3.63, 3.8) is 0 Å². The summed E-state index contributed by atoms with van der Waals surface area (Å²) >= 11 is 6.10. The fraction of sp³-hybridized carbons (Fsp3) is 0.258. The van der Waals surface area contributed by atoms with Crippen LogP contribution in [-0.4, -0.2) is 47.0 Å². The van der Waals surface area contributed by atoms with Crippen LogP contribution >= 0.6 is 11.6 Å². The Labute approximate surface area is 236 Å². The minimum Gasteiger partial charge on any atom is -0.354 e. The van der Waals surface area contributed by atoms with E-state index in [1.807, 2.05) is 61.5 Å². The number of anilines is 1. The van der Waals surface area contributed by atoms with E-state index in [4.69, 9.17) is 21.6 Å². The molecule has 2 heterocycles. The average Bonchev–Trinajstić information content (AvgIpc) is 3.21. The van der Waals surface area contributed by atoms with E-state index in [9.17, 15) is 18.0 Å². The first kappa shape index (κ1) is 27.6. The third-order valence-electron chi connectivity index (χ3n) is 7.06. The molecule has 0 radical (unpaired) electrons. The Kier molecular flexibility index (Phi) is 8.07. The first-order valence-electron chi connectivity index (χ1n) is 13.1. The monoisotopic (exact) mass is 564 g/mol. The Hall–Kier alpha value is -3.91. The Morgan fingerprint density at radius 3 is 2.25 bits per heavy atom. The molecule has 0 saturated carbocycles. The molecule has 9 heteroatoms. The molecule has 40 heavy (non-hydrogen) atoms. The number of aryl methyl sites for hydroxylation is 1. The van der Waals surface area contributed by atoms with Crippen molar-refractivity contribution in [3.8, 4) is 11.4 Å². The highest BCUT2D eigenvalue weighted by Crippen LogP contribution is 2.30. The number of hydrogen-bond donors (Lipinski definition) is 0. The molecule has 4 aromatic rings. The molecule has 0 unspecified atom stereocenters. The van der Waals surface area contributed by atoms with Crippen molar-refractivity contribution in [2.75, 3.05) is 31.1 Å². The highest BCUT2D eigenvalue weighted by Gasteiger charge is 2.31. The van der Waals surface area contributed by atoms with Crippen molar-refractivity contribution >= 4 is 23.3 Å². The highest BCUT2D eigenvalue weighted by atomic mass is 35.5. The summed E-state index contributed by atoms with van der Waals surface area (Å²) in [5.41, 5.74) is 3.35. The Bertz CT molecular complexity index is 1480. The van der Waals surface area contributed by atoms with Gasteiger partial charge in [0.25, 0.3) is 5.91 Å². The lowest BCUT2D eigenvalue weighted by molar-refractivity contribution is -0.137. The fourth-order valence-corrected chi connectivity index (χ4v) is 5.01. The van der Waals surface area contributed by atoms with Crippen LogP contribution in [0.15, 0.2) is 78.9 Å². The van der Waals surface area contributed by atoms with Crippen LogP contribution in [-0.2, 0) is 12.6 Å².